The van der Waals surface area contributed by atoms with E-state index in [1.807, 2.05) is 0 Å². The molecule has 0 aromatic heterocycles. The van der Waals surface area contributed by atoms with Crippen molar-refractivity contribution in [3.63, 3.8) is 0 Å². The van der Waals surface area contributed by atoms with Crippen LogP contribution in [-0.4, -0.2) is 70.1 Å². The summed E-state index contributed by atoms with van der Waals surface area (Å²) in [6.45, 7) is 10.7. The van der Waals surface area contributed by atoms with Gasteiger partial charge in [0.05, 0.1) is 12.1 Å². The molecular weight excluding hydrogens is 336 g/mol. The van der Waals surface area contributed by atoms with E-state index in [0.717, 1.165) is 0 Å². The summed E-state index contributed by atoms with van der Waals surface area (Å²) < 4.78 is 0. The normalized spacial score (nSPS) is 26.6. The van der Waals surface area contributed by atoms with E-state index in [1.165, 1.54) is 0 Å². The standard InChI is InChI=1S/C18H30N4O4/c1-7-11(20-14(25)17(4,5)19)12(23)21-8-9-22-15(26)16(2,3)13(24)18(22,6)10-21/h11H,7-10,19H2,1-6H3,(H,20,25)/t11-,18?/m1/s1. The summed E-state index contributed by atoms with van der Waals surface area (Å²) in [6, 6.07) is -0.708. The molecular formula is C18H30N4O4. The maximum atomic E-state index is 12.9. The molecule has 0 spiro atoms. The monoisotopic (exact) mass is 366 g/mol. The first-order valence-electron chi connectivity index (χ1n) is 9.02. The molecule has 2 heterocycles. The predicted octanol–water partition coefficient (Wildman–Crippen LogP) is -0.343. The lowest BCUT2D eigenvalue weighted by molar-refractivity contribution is -0.147. The molecule has 146 valence electrons. The number of Topliss-reactive ketones (excluding diaryl/α,β-unsaturated/α-hetero) is 1. The van der Waals surface area contributed by atoms with E-state index in [9.17, 15) is 19.2 Å². The second-order valence-electron chi connectivity index (χ2n) is 8.60. The second kappa shape index (κ2) is 6.33. The Morgan fingerprint density at radius 3 is 2.31 bits per heavy atom. The Labute approximate surface area is 154 Å². The first-order valence-corrected chi connectivity index (χ1v) is 9.02. The summed E-state index contributed by atoms with van der Waals surface area (Å²) in [5, 5.41) is 2.69. The molecule has 2 atom stereocenters. The van der Waals surface area contributed by atoms with Crippen molar-refractivity contribution < 1.29 is 19.2 Å². The molecule has 1 unspecified atom stereocenters. The fourth-order valence-corrected chi connectivity index (χ4v) is 3.72. The minimum atomic E-state index is -1.09. The fraction of sp³-hybridized carbons (Fsp3) is 0.778. The Morgan fingerprint density at radius 2 is 1.81 bits per heavy atom. The number of carbonyl (C=O) groups is 4. The van der Waals surface area contributed by atoms with Crippen LogP contribution < -0.4 is 11.1 Å². The quantitative estimate of drug-likeness (QED) is 0.661. The Morgan fingerprint density at radius 1 is 1.23 bits per heavy atom. The molecule has 0 aromatic rings. The number of fused-ring (bicyclic) bond motifs is 1. The van der Waals surface area contributed by atoms with Crippen LogP contribution in [0.4, 0.5) is 0 Å². The molecule has 8 nitrogen and oxygen atoms in total. The van der Waals surface area contributed by atoms with Gasteiger partial charge in [0.2, 0.25) is 17.7 Å². The van der Waals surface area contributed by atoms with Crippen LogP contribution >= 0.6 is 0 Å². The van der Waals surface area contributed by atoms with Crippen molar-refractivity contribution in [2.24, 2.45) is 11.1 Å². The number of piperazine rings is 1. The van der Waals surface area contributed by atoms with E-state index in [0.29, 0.717) is 19.5 Å². The molecule has 2 aliphatic heterocycles. The van der Waals surface area contributed by atoms with Gasteiger partial charge in [-0.15, -0.1) is 0 Å². The van der Waals surface area contributed by atoms with E-state index in [2.05, 4.69) is 5.32 Å². The largest absolute Gasteiger partial charge is 0.343 e. The summed E-state index contributed by atoms with van der Waals surface area (Å²) in [4.78, 5) is 53.6. The molecule has 0 saturated carbocycles. The average Bonchev–Trinajstić information content (AvgIpc) is 2.68. The first kappa shape index (κ1) is 20.4. The van der Waals surface area contributed by atoms with Gasteiger partial charge in [-0.2, -0.15) is 0 Å². The van der Waals surface area contributed by atoms with Gasteiger partial charge in [-0.1, -0.05) is 6.92 Å². The average molecular weight is 366 g/mol. The third-order valence-corrected chi connectivity index (χ3v) is 5.43. The van der Waals surface area contributed by atoms with E-state index >= 15 is 0 Å². The van der Waals surface area contributed by atoms with Crippen LogP contribution in [0.1, 0.15) is 48.0 Å². The lowest BCUT2D eigenvalue weighted by Gasteiger charge is -2.44. The molecule has 2 fully saturated rings. The molecule has 0 aliphatic carbocycles. The highest BCUT2D eigenvalue weighted by molar-refractivity contribution is 6.16. The van der Waals surface area contributed by atoms with Crippen molar-refractivity contribution in [1.29, 1.82) is 0 Å². The molecule has 2 aliphatic rings. The molecule has 3 N–H and O–H groups in total. The number of carbonyl (C=O) groups excluding carboxylic acids is 4. The molecule has 0 bridgehead atoms. The predicted molar refractivity (Wildman–Crippen MR) is 96.0 cm³/mol. The van der Waals surface area contributed by atoms with Crippen LogP contribution in [0.5, 0.6) is 0 Å². The van der Waals surface area contributed by atoms with E-state index in [-0.39, 0.29) is 24.1 Å². The topological polar surface area (TPSA) is 113 Å². The summed E-state index contributed by atoms with van der Waals surface area (Å²) in [5.74, 6) is -1.03. The zero-order valence-electron chi connectivity index (χ0n) is 16.5. The van der Waals surface area contributed by atoms with Gasteiger partial charge in [0.25, 0.3) is 0 Å². The zero-order valence-corrected chi connectivity index (χ0v) is 16.5. The number of ketones is 1. The smallest absolute Gasteiger partial charge is 0.245 e. The maximum Gasteiger partial charge on any atom is 0.245 e. The Kier molecular flexibility index (Phi) is 4.96. The fourth-order valence-electron chi connectivity index (χ4n) is 3.72. The van der Waals surface area contributed by atoms with Crippen LogP contribution in [0, 0.1) is 5.41 Å². The first-order chi connectivity index (χ1) is 11.8. The number of hydrogen-bond acceptors (Lipinski definition) is 5. The van der Waals surface area contributed by atoms with Crippen molar-refractivity contribution >= 4 is 23.5 Å². The maximum absolute atomic E-state index is 12.9. The van der Waals surface area contributed by atoms with Gasteiger partial charge in [0.15, 0.2) is 5.78 Å². The Balaban J connectivity index is 2.18. The van der Waals surface area contributed by atoms with Crippen molar-refractivity contribution in [2.75, 3.05) is 19.6 Å². The Hall–Kier alpha value is -1.96. The van der Waals surface area contributed by atoms with Crippen LogP contribution in [0.15, 0.2) is 0 Å². The number of hydrogen-bond donors (Lipinski definition) is 2. The van der Waals surface area contributed by atoms with E-state index < -0.39 is 28.4 Å². The number of nitrogens with one attached hydrogen (secondary N) is 1. The second-order valence-corrected chi connectivity index (χ2v) is 8.60. The van der Waals surface area contributed by atoms with Crippen molar-refractivity contribution in [2.45, 2.75) is 65.1 Å². The van der Waals surface area contributed by atoms with Gasteiger partial charge >= 0.3 is 0 Å². The third-order valence-electron chi connectivity index (χ3n) is 5.43. The molecule has 2 saturated heterocycles. The van der Waals surface area contributed by atoms with Crippen LogP contribution in [0.2, 0.25) is 0 Å². The van der Waals surface area contributed by atoms with Gasteiger partial charge < -0.3 is 20.9 Å². The van der Waals surface area contributed by atoms with Gasteiger partial charge in [-0.05, 0) is 41.0 Å². The summed E-state index contributed by atoms with van der Waals surface area (Å²) >= 11 is 0. The van der Waals surface area contributed by atoms with Gasteiger partial charge in [-0.3, -0.25) is 19.2 Å². The van der Waals surface area contributed by atoms with Crippen molar-refractivity contribution in [1.82, 2.24) is 15.1 Å². The minimum Gasteiger partial charge on any atom is -0.343 e. The molecule has 2 rings (SSSR count). The van der Waals surface area contributed by atoms with Gasteiger partial charge in [0, 0.05) is 13.1 Å². The summed E-state index contributed by atoms with van der Waals surface area (Å²) in [6.07, 6.45) is 0.413. The van der Waals surface area contributed by atoms with Crippen LogP contribution in [0.25, 0.3) is 0 Å². The van der Waals surface area contributed by atoms with Gasteiger partial charge in [0.1, 0.15) is 17.0 Å². The highest BCUT2D eigenvalue weighted by Gasteiger charge is 2.62. The zero-order chi connectivity index (χ0) is 20.1. The summed E-state index contributed by atoms with van der Waals surface area (Å²) in [7, 11) is 0. The van der Waals surface area contributed by atoms with Gasteiger partial charge in [-0.25, -0.2) is 0 Å². The number of amides is 3. The number of nitrogens with zero attached hydrogens (tertiary/aromatic N) is 2. The lowest BCUT2D eigenvalue weighted by atomic mass is 9.82. The Bertz CT molecular complexity index is 652. The minimum absolute atomic E-state index is 0.137. The van der Waals surface area contributed by atoms with E-state index in [4.69, 9.17) is 5.73 Å². The molecule has 0 radical (unpaired) electrons. The molecule has 3 amide bonds. The SMILES string of the molecule is CC[C@@H](NC(=O)C(C)(C)N)C(=O)N1CCN2C(=O)C(C)(C)C(=O)C2(C)C1. The summed E-state index contributed by atoms with van der Waals surface area (Å²) in [5.41, 5.74) is 2.60. The van der Waals surface area contributed by atoms with E-state index in [1.54, 1.807) is 51.3 Å². The highest BCUT2D eigenvalue weighted by Crippen LogP contribution is 2.41. The molecule has 0 aromatic carbocycles. The third kappa shape index (κ3) is 3.11. The lowest BCUT2D eigenvalue weighted by Crippen LogP contribution is -2.65. The van der Waals surface area contributed by atoms with Crippen LogP contribution in [-0.2, 0) is 19.2 Å². The highest BCUT2D eigenvalue weighted by atomic mass is 16.2. The number of nitrogens with two attached hydrogens (primary N) is 1. The molecule has 26 heavy (non-hydrogen) atoms. The number of rotatable bonds is 4. The van der Waals surface area contributed by atoms with Crippen molar-refractivity contribution in [3.8, 4) is 0 Å². The molecule has 8 heteroatoms. The van der Waals surface area contributed by atoms with Crippen LogP contribution in [0.3, 0.4) is 0 Å². The van der Waals surface area contributed by atoms with Crippen molar-refractivity contribution in [3.05, 3.63) is 0 Å².